The van der Waals surface area contributed by atoms with Gasteiger partial charge in [0.05, 0.1) is 10.5 Å². The van der Waals surface area contributed by atoms with Gasteiger partial charge in [0, 0.05) is 24.8 Å². The second-order valence-corrected chi connectivity index (χ2v) is 9.47. The van der Waals surface area contributed by atoms with Gasteiger partial charge in [-0.25, -0.2) is 0 Å². The largest absolute Gasteiger partial charge is 0.301 e. The lowest BCUT2D eigenvalue weighted by atomic mass is 10.1. The summed E-state index contributed by atoms with van der Waals surface area (Å²) in [5.41, 5.74) is -0.442. The van der Waals surface area contributed by atoms with Crippen LogP contribution in [-0.2, 0) is 4.79 Å². The topological polar surface area (TPSA) is 135 Å². The van der Waals surface area contributed by atoms with Crippen molar-refractivity contribution in [3.05, 3.63) is 39.4 Å². The lowest BCUT2D eigenvalue weighted by Gasteiger charge is -2.13. The van der Waals surface area contributed by atoms with Crippen LogP contribution in [0.2, 0.25) is 0 Å². The SMILES string of the molecule is CCCCSc1nnc(NC(=O)CCCCCN2C(=O)c3cccc([N+](=O)[O-])c3C2=O)s1. The molecule has 32 heavy (non-hydrogen) atoms. The minimum absolute atomic E-state index is 0.0628. The van der Waals surface area contributed by atoms with E-state index in [2.05, 4.69) is 22.4 Å². The summed E-state index contributed by atoms with van der Waals surface area (Å²) in [6, 6.07) is 4.04. The molecule has 12 heteroatoms. The van der Waals surface area contributed by atoms with Gasteiger partial charge in [-0.15, -0.1) is 10.2 Å². The number of nitrogens with zero attached hydrogens (tertiary/aromatic N) is 4. The van der Waals surface area contributed by atoms with E-state index in [0.717, 1.165) is 27.8 Å². The number of hydrogen-bond donors (Lipinski definition) is 1. The van der Waals surface area contributed by atoms with Crippen LogP contribution < -0.4 is 5.32 Å². The molecular formula is C20H23N5O5S2. The number of benzene rings is 1. The number of nitro benzene ring substituents is 1. The molecule has 2 heterocycles. The Kier molecular flexibility index (Phi) is 8.28. The summed E-state index contributed by atoms with van der Waals surface area (Å²) in [7, 11) is 0. The molecule has 0 saturated heterocycles. The summed E-state index contributed by atoms with van der Waals surface area (Å²) < 4.78 is 0.829. The van der Waals surface area contributed by atoms with Gasteiger partial charge in [0.2, 0.25) is 11.0 Å². The third-order valence-electron chi connectivity index (χ3n) is 4.84. The highest BCUT2D eigenvalue weighted by molar-refractivity contribution is 8.01. The summed E-state index contributed by atoms with van der Waals surface area (Å²) in [4.78, 5) is 48.6. The maximum Gasteiger partial charge on any atom is 0.282 e. The Hall–Kier alpha value is -2.86. The monoisotopic (exact) mass is 477 g/mol. The van der Waals surface area contributed by atoms with Crippen LogP contribution in [0.15, 0.2) is 22.5 Å². The molecule has 0 spiro atoms. The molecule has 3 amide bonds. The van der Waals surface area contributed by atoms with Crippen LogP contribution in [0, 0.1) is 10.1 Å². The molecule has 1 aromatic carbocycles. The predicted octanol–water partition coefficient (Wildman–Crippen LogP) is 4.13. The van der Waals surface area contributed by atoms with Gasteiger partial charge in [-0.1, -0.05) is 48.9 Å². The van der Waals surface area contributed by atoms with Crippen molar-refractivity contribution in [2.75, 3.05) is 17.6 Å². The first kappa shape index (κ1) is 23.8. The number of amides is 3. The van der Waals surface area contributed by atoms with Crippen LogP contribution in [0.3, 0.4) is 0 Å². The fourth-order valence-corrected chi connectivity index (χ4v) is 5.13. The first-order valence-corrected chi connectivity index (χ1v) is 12.1. The standard InChI is InChI=1S/C20H23N5O5S2/c1-2-3-12-31-20-23-22-19(32-20)21-15(26)10-5-4-6-11-24-17(27)13-8-7-9-14(25(29)30)16(13)18(24)28/h7-9H,2-6,10-12H2,1H3,(H,21,22,26). The Bertz CT molecular complexity index is 1030. The molecule has 0 fully saturated rings. The van der Waals surface area contributed by atoms with Gasteiger partial charge in [0.1, 0.15) is 5.56 Å². The number of rotatable bonds is 12. The molecule has 2 aromatic rings. The fourth-order valence-electron chi connectivity index (χ4n) is 3.21. The quantitative estimate of drug-likeness (QED) is 0.120. The Balaban J connectivity index is 1.40. The van der Waals surface area contributed by atoms with Gasteiger partial charge in [0.15, 0.2) is 4.34 Å². The summed E-state index contributed by atoms with van der Waals surface area (Å²) in [5, 5.41) is 22.4. The molecule has 1 aromatic heterocycles. The predicted molar refractivity (Wildman–Crippen MR) is 121 cm³/mol. The van der Waals surface area contributed by atoms with Crippen molar-refractivity contribution in [1.29, 1.82) is 0 Å². The normalized spacial score (nSPS) is 12.8. The number of carbonyl (C=O) groups is 3. The molecule has 0 unspecified atom stereocenters. The molecule has 3 rings (SSSR count). The minimum atomic E-state index is -0.656. The Labute approximate surface area is 192 Å². The van der Waals surface area contributed by atoms with Crippen LogP contribution in [-0.4, -0.2) is 50.0 Å². The number of nitrogens with one attached hydrogen (secondary N) is 1. The van der Waals surface area contributed by atoms with Crippen LogP contribution in [0.4, 0.5) is 10.8 Å². The van der Waals surface area contributed by atoms with Crippen molar-refractivity contribution in [1.82, 2.24) is 15.1 Å². The molecule has 0 radical (unpaired) electrons. The first-order chi connectivity index (χ1) is 15.4. The lowest BCUT2D eigenvalue weighted by molar-refractivity contribution is -0.385. The van der Waals surface area contributed by atoms with Gasteiger partial charge in [-0.3, -0.25) is 29.4 Å². The smallest absolute Gasteiger partial charge is 0.282 e. The zero-order valence-electron chi connectivity index (χ0n) is 17.5. The van der Waals surface area contributed by atoms with E-state index in [1.807, 2.05) is 0 Å². The third-order valence-corrected chi connectivity index (χ3v) is 6.89. The summed E-state index contributed by atoms with van der Waals surface area (Å²) in [5.74, 6) is -0.351. The number of nitro groups is 1. The van der Waals surface area contributed by atoms with Crippen molar-refractivity contribution in [2.45, 2.75) is 49.8 Å². The van der Waals surface area contributed by atoms with Crippen molar-refractivity contribution in [3.63, 3.8) is 0 Å². The van der Waals surface area contributed by atoms with Gasteiger partial charge in [0.25, 0.3) is 17.5 Å². The lowest BCUT2D eigenvalue weighted by Crippen LogP contribution is -2.30. The van der Waals surface area contributed by atoms with E-state index in [1.54, 1.807) is 11.8 Å². The van der Waals surface area contributed by atoms with Crippen molar-refractivity contribution < 1.29 is 19.3 Å². The number of aromatic nitrogens is 2. The molecule has 0 bridgehead atoms. The van der Waals surface area contributed by atoms with Crippen LogP contribution in [0.1, 0.15) is 66.2 Å². The summed E-state index contributed by atoms with van der Waals surface area (Å²) in [6.45, 7) is 2.28. The zero-order valence-corrected chi connectivity index (χ0v) is 19.2. The highest BCUT2D eigenvalue weighted by atomic mass is 32.2. The van der Waals surface area contributed by atoms with Gasteiger partial charge in [-0.05, 0) is 25.3 Å². The van der Waals surface area contributed by atoms with Gasteiger partial charge >= 0.3 is 0 Å². The molecule has 0 aliphatic carbocycles. The number of thioether (sulfide) groups is 1. The van der Waals surface area contributed by atoms with E-state index in [1.165, 1.54) is 29.5 Å². The second-order valence-electron chi connectivity index (χ2n) is 7.15. The maximum atomic E-state index is 12.5. The Morgan fingerprint density at radius 1 is 1.19 bits per heavy atom. The number of unbranched alkanes of at least 4 members (excludes halogenated alkanes) is 3. The van der Waals surface area contributed by atoms with Crippen molar-refractivity contribution >= 4 is 51.6 Å². The number of carbonyl (C=O) groups excluding carboxylic acids is 3. The molecule has 1 N–H and O–H groups in total. The van der Waals surface area contributed by atoms with E-state index in [9.17, 15) is 24.5 Å². The highest BCUT2D eigenvalue weighted by Crippen LogP contribution is 2.31. The maximum absolute atomic E-state index is 12.5. The average Bonchev–Trinajstić information content (AvgIpc) is 3.31. The van der Waals surface area contributed by atoms with E-state index in [4.69, 9.17) is 0 Å². The van der Waals surface area contributed by atoms with Gasteiger partial charge < -0.3 is 5.32 Å². The van der Waals surface area contributed by atoms with E-state index in [0.29, 0.717) is 24.4 Å². The molecule has 1 aliphatic heterocycles. The van der Waals surface area contributed by atoms with Crippen LogP contribution >= 0.6 is 23.1 Å². The summed E-state index contributed by atoms with van der Waals surface area (Å²) >= 11 is 2.97. The number of anilines is 1. The minimum Gasteiger partial charge on any atom is -0.301 e. The third kappa shape index (κ3) is 5.68. The first-order valence-electron chi connectivity index (χ1n) is 10.3. The Morgan fingerprint density at radius 3 is 2.75 bits per heavy atom. The van der Waals surface area contributed by atoms with E-state index >= 15 is 0 Å². The average molecular weight is 478 g/mol. The molecule has 0 saturated carbocycles. The number of hydrogen-bond acceptors (Lipinski definition) is 9. The number of fused-ring (bicyclic) bond motifs is 1. The summed E-state index contributed by atoms with van der Waals surface area (Å²) in [6.07, 6.45) is 4.20. The van der Waals surface area contributed by atoms with Crippen LogP contribution in [0.25, 0.3) is 0 Å². The van der Waals surface area contributed by atoms with Crippen LogP contribution in [0.5, 0.6) is 0 Å². The van der Waals surface area contributed by atoms with Crippen molar-refractivity contribution in [3.8, 4) is 0 Å². The zero-order chi connectivity index (χ0) is 23.1. The second kappa shape index (κ2) is 11.1. The van der Waals surface area contributed by atoms with E-state index < -0.39 is 16.7 Å². The van der Waals surface area contributed by atoms with E-state index in [-0.39, 0.29) is 35.7 Å². The van der Waals surface area contributed by atoms with Crippen molar-refractivity contribution in [2.24, 2.45) is 0 Å². The molecular weight excluding hydrogens is 454 g/mol. The van der Waals surface area contributed by atoms with Gasteiger partial charge in [-0.2, -0.15) is 0 Å². The highest BCUT2D eigenvalue weighted by Gasteiger charge is 2.40. The molecule has 1 aliphatic rings. The fraction of sp³-hybridized carbons (Fsp3) is 0.450. The number of imide groups is 1. The molecule has 10 nitrogen and oxygen atoms in total. The molecule has 0 atom stereocenters. The Morgan fingerprint density at radius 2 is 2.00 bits per heavy atom. The molecule has 170 valence electrons.